The molecule has 96 valence electrons. The van der Waals surface area contributed by atoms with Gasteiger partial charge in [0.05, 0.1) is 0 Å². The Kier molecular flexibility index (Phi) is 4.29. The van der Waals surface area contributed by atoms with Gasteiger partial charge < -0.3 is 0 Å². The molecule has 1 aromatic rings. The highest BCUT2D eigenvalue weighted by molar-refractivity contribution is 6.43. The van der Waals surface area contributed by atoms with Gasteiger partial charge in [-0.3, -0.25) is 9.59 Å². The molecule has 1 aliphatic rings. The van der Waals surface area contributed by atoms with Gasteiger partial charge in [0, 0.05) is 12.0 Å². The van der Waals surface area contributed by atoms with Crippen LogP contribution in [-0.2, 0) is 4.79 Å². The second-order valence-corrected chi connectivity index (χ2v) is 5.06. The second kappa shape index (κ2) is 5.94. The molecule has 0 unspecified atom stereocenters. The van der Waals surface area contributed by atoms with E-state index in [2.05, 4.69) is 0 Å². The summed E-state index contributed by atoms with van der Waals surface area (Å²) >= 11 is 0. The summed E-state index contributed by atoms with van der Waals surface area (Å²) in [6.07, 6.45) is 6.74. The van der Waals surface area contributed by atoms with Crippen LogP contribution in [0, 0.1) is 0 Å². The predicted molar refractivity (Wildman–Crippen MR) is 71.9 cm³/mol. The molecule has 0 saturated heterocycles. The van der Waals surface area contributed by atoms with E-state index < -0.39 is 0 Å². The van der Waals surface area contributed by atoms with Crippen molar-refractivity contribution in [3.63, 3.8) is 0 Å². The minimum atomic E-state index is -0.354. The molecule has 0 bridgehead atoms. The van der Waals surface area contributed by atoms with Gasteiger partial charge >= 0.3 is 0 Å². The summed E-state index contributed by atoms with van der Waals surface area (Å²) in [5.41, 5.74) is 1.84. The van der Waals surface area contributed by atoms with Gasteiger partial charge in [0.1, 0.15) is 0 Å². The van der Waals surface area contributed by atoms with Crippen LogP contribution in [0.3, 0.4) is 0 Å². The Balaban J connectivity index is 2.09. The van der Waals surface area contributed by atoms with Crippen molar-refractivity contribution < 1.29 is 9.59 Å². The molecule has 0 aliphatic heterocycles. The van der Waals surface area contributed by atoms with Gasteiger partial charge in [0.15, 0.2) is 0 Å². The van der Waals surface area contributed by atoms with E-state index in [4.69, 9.17) is 0 Å². The molecule has 0 amide bonds. The van der Waals surface area contributed by atoms with Gasteiger partial charge in [-0.05, 0) is 24.3 Å². The fourth-order valence-corrected chi connectivity index (χ4v) is 2.66. The fraction of sp³-hybridized carbons (Fsp3) is 0.500. The lowest BCUT2D eigenvalue weighted by Crippen LogP contribution is -2.13. The number of benzene rings is 1. The average molecular weight is 244 g/mol. The zero-order valence-corrected chi connectivity index (χ0v) is 10.9. The van der Waals surface area contributed by atoms with Gasteiger partial charge in [-0.25, -0.2) is 0 Å². The molecule has 0 aromatic heterocycles. The highest BCUT2D eigenvalue weighted by Crippen LogP contribution is 2.32. The van der Waals surface area contributed by atoms with Gasteiger partial charge in [-0.1, -0.05) is 50.5 Å². The Morgan fingerprint density at radius 2 is 1.67 bits per heavy atom. The number of Topliss-reactive ketones (excluding diaryl/α,β-unsaturated/α-hetero) is 2. The van der Waals surface area contributed by atoms with Crippen molar-refractivity contribution in [1.82, 2.24) is 0 Å². The molecule has 0 radical (unpaired) electrons. The highest BCUT2D eigenvalue weighted by atomic mass is 16.2. The maximum Gasteiger partial charge on any atom is 0.228 e. The standard InChI is InChI=1S/C16H20O2/c1-2-15(17)16(18)14-10-8-13(9-11-14)12-6-4-3-5-7-12/h8-12H,2-7H2,1H3. The molecule has 0 atom stereocenters. The Morgan fingerprint density at radius 3 is 2.22 bits per heavy atom. The summed E-state index contributed by atoms with van der Waals surface area (Å²) in [6.45, 7) is 1.72. The third-order valence-electron chi connectivity index (χ3n) is 3.82. The normalized spacial score (nSPS) is 16.5. The molecule has 0 spiro atoms. The van der Waals surface area contributed by atoms with Crippen LogP contribution < -0.4 is 0 Å². The number of ketones is 2. The average Bonchev–Trinajstić information content (AvgIpc) is 2.47. The number of hydrogen-bond acceptors (Lipinski definition) is 2. The smallest absolute Gasteiger partial charge is 0.228 e. The van der Waals surface area contributed by atoms with E-state index >= 15 is 0 Å². The van der Waals surface area contributed by atoms with Crippen LogP contribution in [-0.4, -0.2) is 11.6 Å². The zero-order valence-electron chi connectivity index (χ0n) is 10.9. The lowest BCUT2D eigenvalue weighted by Gasteiger charge is -2.21. The third-order valence-corrected chi connectivity index (χ3v) is 3.82. The van der Waals surface area contributed by atoms with Crippen LogP contribution >= 0.6 is 0 Å². The Morgan fingerprint density at radius 1 is 1.06 bits per heavy atom. The predicted octanol–water partition coefficient (Wildman–Crippen LogP) is 3.90. The van der Waals surface area contributed by atoms with Crippen LogP contribution in [0.1, 0.15) is 67.3 Å². The summed E-state index contributed by atoms with van der Waals surface area (Å²) in [7, 11) is 0. The molecule has 0 heterocycles. The first kappa shape index (κ1) is 13.0. The molecule has 2 nitrogen and oxygen atoms in total. The number of carbonyl (C=O) groups excluding carboxylic acids is 2. The topological polar surface area (TPSA) is 34.1 Å². The third kappa shape index (κ3) is 2.87. The SMILES string of the molecule is CCC(=O)C(=O)c1ccc(C2CCCCC2)cc1. The van der Waals surface area contributed by atoms with Crippen molar-refractivity contribution in [2.75, 3.05) is 0 Å². The first-order chi connectivity index (χ1) is 8.72. The lowest BCUT2D eigenvalue weighted by molar-refractivity contribution is -0.114. The van der Waals surface area contributed by atoms with E-state index in [0.717, 1.165) is 0 Å². The monoisotopic (exact) mass is 244 g/mol. The van der Waals surface area contributed by atoms with Crippen LogP contribution in [0.5, 0.6) is 0 Å². The molecule has 18 heavy (non-hydrogen) atoms. The lowest BCUT2D eigenvalue weighted by atomic mass is 9.84. The van der Waals surface area contributed by atoms with Crippen molar-refractivity contribution >= 4 is 11.6 Å². The number of rotatable bonds is 4. The first-order valence-corrected chi connectivity index (χ1v) is 6.90. The molecule has 1 saturated carbocycles. The van der Waals surface area contributed by atoms with Gasteiger partial charge in [0.2, 0.25) is 11.6 Å². The molecule has 2 heteroatoms. The molecule has 2 rings (SSSR count). The van der Waals surface area contributed by atoms with E-state index in [0.29, 0.717) is 11.5 Å². The maximum atomic E-state index is 11.7. The Bertz CT molecular complexity index is 425. The van der Waals surface area contributed by atoms with Gasteiger partial charge in [0.25, 0.3) is 0 Å². The first-order valence-electron chi connectivity index (χ1n) is 6.90. The Hall–Kier alpha value is -1.44. The molecule has 1 fully saturated rings. The van der Waals surface area contributed by atoms with Crippen molar-refractivity contribution in [3.05, 3.63) is 35.4 Å². The summed E-state index contributed by atoms with van der Waals surface area (Å²) < 4.78 is 0. The van der Waals surface area contributed by atoms with Crippen LogP contribution in [0.25, 0.3) is 0 Å². The van der Waals surface area contributed by atoms with E-state index in [1.807, 2.05) is 12.1 Å². The largest absolute Gasteiger partial charge is 0.290 e. The van der Waals surface area contributed by atoms with E-state index in [-0.39, 0.29) is 18.0 Å². The van der Waals surface area contributed by atoms with Crippen LogP contribution in [0.15, 0.2) is 24.3 Å². The fourth-order valence-electron chi connectivity index (χ4n) is 2.66. The molecular formula is C16H20O2. The van der Waals surface area contributed by atoms with Crippen molar-refractivity contribution in [3.8, 4) is 0 Å². The number of carbonyl (C=O) groups is 2. The highest BCUT2D eigenvalue weighted by Gasteiger charge is 2.17. The molecule has 0 N–H and O–H groups in total. The quantitative estimate of drug-likeness (QED) is 0.594. The summed E-state index contributed by atoms with van der Waals surface area (Å²) in [5.74, 6) is -0.0158. The molecule has 1 aliphatic carbocycles. The van der Waals surface area contributed by atoms with Crippen molar-refractivity contribution in [2.45, 2.75) is 51.4 Å². The summed E-state index contributed by atoms with van der Waals surface area (Å²) in [5, 5.41) is 0. The minimum absolute atomic E-state index is 0.281. The maximum absolute atomic E-state index is 11.7. The molecular weight excluding hydrogens is 224 g/mol. The zero-order chi connectivity index (χ0) is 13.0. The van der Waals surface area contributed by atoms with E-state index in [1.54, 1.807) is 19.1 Å². The summed E-state index contributed by atoms with van der Waals surface area (Å²) in [6, 6.07) is 7.65. The molecule has 1 aromatic carbocycles. The van der Waals surface area contributed by atoms with Gasteiger partial charge in [-0.15, -0.1) is 0 Å². The minimum Gasteiger partial charge on any atom is -0.290 e. The van der Waals surface area contributed by atoms with Crippen LogP contribution in [0.2, 0.25) is 0 Å². The van der Waals surface area contributed by atoms with Crippen LogP contribution in [0.4, 0.5) is 0 Å². The van der Waals surface area contributed by atoms with Crippen molar-refractivity contribution in [2.24, 2.45) is 0 Å². The van der Waals surface area contributed by atoms with Gasteiger partial charge in [-0.2, -0.15) is 0 Å². The van der Waals surface area contributed by atoms with Crippen molar-refractivity contribution in [1.29, 1.82) is 0 Å². The Labute approximate surface area is 108 Å². The second-order valence-electron chi connectivity index (χ2n) is 5.06. The van der Waals surface area contributed by atoms with E-state index in [9.17, 15) is 9.59 Å². The van der Waals surface area contributed by atoms with E-state index in [1.165, 1.54) is 37.7 Å². The number of hydrogen-bond donors (Lipinski definition) is 0. The summed E-state index contributed by atoms with van der Waals surface area (Å²) in [4.78, 5) is 23.1.